The van der Waals surface area contributed by atoms with Crippen molar-refractivity contribution in [1.82, 2.24) is 24.6 Å². The molecule has 0 radical (unpaired) electrons. The maximum Gasteiger partial charge on any atom is 0.416 e. The Labute approximate surface area is 213 Å². The summed E-state index contributed by atoms with van der Waals surface area (Å²) in [5.41, 5.74) is 4.49. The molecule has 0 atom stereocenters. The van der Waals surface area contributed by atoms with Gasteiger partial charge in [-0.1, -0.05) is 0 Å². The number of hydrogen-bond donors (Lipinski definition) is 0. The van der Waals surface area contributed by atoms with Crippen molar-refractivity contribution in [3.8, 4) is 11.1 Å². The average molecular weight is 512 g/mol. The van der Waals surface area contributed by atoms with Crippen LogP contribution in [0, 0.1) is 6.92 Å². The Bertz CT molecular complexity index is 1300. The number of allylic oxidation sites excluding steroid dienone is 1. The minimum Gasteiger partial charge on any atom is -0.378 e. The number of alkyl halides is 3. The first kappa shape index (κ1) is 23.8. The number of aryl methyl sites for hydroxylation is 1. The Balaban J connectivity index is 1.23. The molecule has 0 N–H and O–H groups in total. The number of piperazine rings is 1. The van der Waals surface area contributed by atoms with Crippen molar-refractivity contribution in [1.29, 1.82) is 0 Å². The van der Waals surface area contributed by atoms with Crippen LogP contribution in [-0.4, -0.2) is 77.1 Å². The first-order chi connectivity index (χ1) is 17.8. The topological polar surface area (TPSA) is 62.6 Å². The molecule has 37 heavy (non-hydrogen) atoms. The molecule has 194 valence electrons. The van der Waals surface area contributed by atoms with Gasteiger partial charge in [-0.2, -0.15) is 18.3 Å². The predicted molar refractivity (Wildman–Crippen MR) is 134 cm³/mol. The van der Waals surface area contributed by atoms with Crippen LogP contribution in [-0.2, 0) is 17.5 Å². The lowest BCUT2D eigenvalue weighted by molar-refractivity contribution is -0.137. The second-order valence-corrected chi connectivity index (χ2v) is 9.58. The molecule has 3 aromatic rings. The highest BCUT2D eigenvalue weighted by Crippen LogP contribution is 2.38. The van der Waals surface area contributed by atoms with E-state index in [1.807, 2.05) is 16.5 Å². The van der Waals surface area contributed by atoms with Crippen molar-refractivity contribution in [2.75, 3.05) is 62.3 Å². The Kier molecular flexibility index (Phi) is 6.02. The third-order valence-electron chi connectivity index (χ3n) is 7.15. The van der Waals surface area contributed by atoms with Gasteiger partial charge >= 0.3 is 6.18 Å². The van der Waals surface area contributed by atoms with Crippen LogP contribution in [0.2, 0.25) is 0 Å². The Morgan fingerprint density at radius 3 is 2.24 bits per heavy atom. The normalized spacial score (nSPS) is 18.3. The van der Waals surface area contributed by atoms with Crippen molar-refractivity contribution in [3.63, 3.8) is 0 Å². The fraction of sp³-hybridized carbons (Fsp3) is 0.423. The van der Waals surface area contributed by atoms with E-state index in [0.717, 1.165) is 42.8 Å². The van der Waals surface area contributed by atoms with Gasteiger partial charge in [0, 0.05) is 74.2 Å². The van der Waals surface area contributed by atoms with Crippen LogP contribution in [0.5, 0.6) is 0 Å². The highest BCUT2D eigenvalue weighted by atomic mass is 19.4. The molecule has 1 aromatic carbocycles. The van der Waals surface area contributed by atoms with Gasteiger partial charge in [-0.15, -0.1) is 0 Å². The molecule has 3 aliphatic heterocycles. The van der Waals surface area contributed by atoms with Crippen molar-refractivity contribution >= 4 is 17.7 Å². The number of anilines is 2. The van der Waals surface area contributed by atoms with Crippen LogP contribution in [0.1, 0.15) is 17.0 Å². The smallest absolute Gasteiger partial charge is 0.378 e. The number of hydrogen-bond acceptors (Lipinski definition) is 7. The van der Waals surface area contributed by atoms with Crippen molar-refractivity contribution in [2.45, 2.75) is 19.6 Å². The number of nitrogens with zero attached hydrogens (tertiary/aromatic N) is 7. The molecule has 0 bridgehead atoms. The van der Waals surface area contributed by atoms with Crippen LogP contribution >= 0.6 is 0 Å². The lowest BCUT2D eigenvalue weighted by Crippen LogP contribution is -2.46. The summed E-state index contributed by atoms with van der Waals surface area (Å²) in [7, 11) is 0. The molecule has 6 rings (SSSR count). The predicted octanol–water partition coefficient (Wildman–Crippen LogP) is 3.68. The first-order valence-electron chi connectivity index (χ1n) is 12.5. The molecule has 2 saturated heterocycles. The number of ether oxygens (including phenoxy) is 1. The van der Waals surface area contributed by atoms with Gasteiger partial charge in [-0.05, 0) is 37.3 Å². The quantitative estimate of drug-likeness (QED) is 0.530. The number of aromatic nitrogens is 4. The Morgan fingerprint density at radius 1 is 0.865 bits per heavy atom. The van der Waals surface area contributed by atoms with E-state index in [0.29, 0.717) is 56.5 Å². The highest BCUT2D eigenvalue weighted by molar-refractivity contribution is 5.79. The SMILES string of the molecule is Cc1cc2n(n1)CC(N1CCN(c3ccc(C(F)(F)F)cc3-c3cnc(N4CCOCC4)nc3)CC1)=C2. The molecule has 0 saturated carbocycles. The van der Waals surface area contributed by atoms with E-state index in [1.54, 1.807) is 18.5 Å². The first-order valence-corrected chi connectivity index (χ1v) is 12.5. The number of morpholine rings is 1. The Morgan fingerprint density at radius 2 is 1.57 bits per heavy atom. The van der Waals surface area contributed by atoms with Gasteiger partial charge in [0.05, 0.1) is 36.7 Å². The fourth-order valence-corrected chi connectivity index (χ4v) is 5.21. The minimum absolute atomic E-state index is 0.493. The maximum atomic E-state index is 13.6. The van der Waals surface area contributed by atoms with Gasteiger partial charge in [0.15, 0.2) is 0 Å². The van der Waals surface area contributed by atoms with Crippen molar-refractivity contribution in [3.05, 3.63) is 59.3 Å². The number of fused-ring (bicyclic) bond motifs is 1. The molecule has 8 nitrogen and oxygen atoms in total. The number of rotatable bonds is 4. The molecule has 3 aliphatic rings. The zero-order valence-electron chi connectivity index (χ0n) is 20.6. The molecule has 2 aromatic heterocycles. The van der Waals surface area contributed by atoms with Crippen LogP contribution in [0.15, 0.2) is 42.4 Å². The Hall–Kier alpha value is -3.60. The third kappa shape index (κ3) is 4.75. The molecule has 2 fully saturated rings. The summed E-state index contributed by atoms with van der Waals surface area (Å²) in [4.78, 5) is 15.5. The van der Waals surface area contributed by atoms with Gasteiger partial charge in [0.1, 0.15) is 0 Å². The zero-order valence-corrected chi connectivity index (χ0v) is 20.6. The maximum absolute atomic E-state index is 13.6. The fourth-order valence-electron chi connectivity index (χ4n) is 5.21. The zero-order chi connectivity index (χ0) is 25.6. The lowest BCUT2D eigenvalue weighted by atomic mass is 10.0. The number of benzene rings is 1. The summed E-state index contributed by atoms with van der Waals surface area (Å²) >= 11 is 0. The molecule has 5 heterocycles. The second kappa shape index (κ2) is 9.37. The van der Waals surface area contributed by atoms with Crippen LogP contribution in [0.3, 0.4) is 0 Å². The van der Waals surface area contributed by atoms with Crippen LogP contribution in [0.25, 0.3) is 17.2 Å². The van der Waals surface area contributed by atoms with Gasteiger partial charge < -0.3 is 19.4 Å². The van der Waals surface area contributed by atoms with Gasteiger partial charge in [0.2, 0.25) is 5.95 Å². The third-order valence-corrected chi connectivity index (χ3v) is 7.15. The van der Waals surface area contributed by atoms with E-state index in [4.69, 9.17) is 4.74 Å². The van der Waals surface area contributed by atoms with Gasteiger partial charge in [0.25, 0.3) is 0 Å². The van der Waals surface area contributed by atoms with Crippen molar-refractivity contribution in [2.24, 2.45) is 0 Å². The van der Waals surface area contributed by atoms with E-state index in [1.165, 1.54) is 11.8 Å². The van der Waals surface area contributed by atoms with E-state index in [9.17, 15) is 13.2 Å². The van der Waals surface area contributed by atoms with E-state index >= 15 is 0 Å². The average Bonchev–Trinajstić information content (AvgIpc) is 3.46. The van der Waals surface area contributed by atoms with E-state index in [2.05, 4.69) is 37.0 Å². The summed E-state index contributed by atoms with van der Waals surface area (Å²) < 4.78 is 48.2. The van der Waals surface area contributed by atoms with Crippen LogP contribution < -0.4 is 9.80 Å². The largest absolute Gasteiger partial charge is 0.416 e. The van der Waals surface area contributed by atoms with E-state index in [-0.39, 0.29) is 0 Å². The molecule has 11 heteroatoms. The van der Waals surface area contributed by atoms with Gasteiger partial charge in [-0.3, -0.25) is 4.68 Å². The number of halogens is 3. The summed E-state index contributed by atoms with van der Waals surface area (Å²) in [6.45, 7) is 8.29. The minimum atomic E-state index is -4.43. The molecule has 0 aliphatic carbocycles. The van der Waals surface area contributed by atoms with Gasteiger partial charge in [-0.25, -0.2) is 9.97 Å². The molecular weight excluding hydrogens is 483 g/mol. The summed E-state index contributed by atoms with van der Waals surface area (Å²) in [6, 6.07) is 6.03. The molecule has 0 unspecified atom stereocenters. The monoisotopic (exact) mass is 511 g/mol. The summed E-state index contributed by atoms with van der Waals surface area (Å²) in [6.07, 6.45) is 0.991. The summed E-state index contributed by atoms with van der Waals surface area (Å²) in [5, 5.41) is 4.52. The van der Waals surface area contributed by atoms with Crippen LogP contribution in [0.4, 0.5) is 24.8 Å². The second-order valence-electron chi connectivity index (χ2n) is 9.58. The van der Waals surface area contributed by atoms with Crippen molar-refractivity contribution < 1.29 is 17.9 Å². The molecule has 0 amide bonds. The molecule has 0 spiro atoms. The lowest BCUT2D eigenvalue weighted by Gasteiger charge is -2.38. The highest BCUT2D eigenvalue weighted by Gasteiger charge is 2.32. The van der Waals surface area contributed by atoms with E-state index < -0.39 is 11.7 Å². The molecular formula is C26H28F3N7O. The standard InChI is InChI=1S/C26H28F3N7O/c1-18-12-21-14-22(17-36(21)32-18)33-4-6-34(7-5-33)24-3-2-20(26(27,28)29)13-23(24)19-15-30-25(31-16-19)35-8-10-37-11-9-35/h2-3,12-16H,4-11,17H2,1H3. The summed E-state index contributed by atoms with van der Waals surface area (Å²) in [5.74, 6) is 0.564.